The van der Waals surface area contributed by atoms with Crippen molar-refractivity contribution in [2.75, 3.05) is 17.3 Å². The lowest BCUT2D eigenvalue weighted by Crippen LogP contribution is -2.26. The quantitative estimate of drug-likeness (QED) is 0.719. The SMILES string of the molecule is CN(C(=O)CCCC(=O)Nc1nc2c(s1)CC(C(C)(C)C)CC2)c1ccccc1. The van der Waals surface area contributed by atoms with Crippen LogP contribution >= 0.6 is 11.3 Å². The van der Waals surface area contributed by atoms with Crippen molar-refractivity contribution in [1.29, 1.82) is 0 Å². The number of carbonyl (C=O) groups is 2. The van der Waals surface area contributed by atoms with E-state index in [1.54, 1.807) is 23.3 Å². The number of anilines is 2. The van der Waals surface area contributed by atoms with Crippen LogP contribution in [0.3, 0.4) is 0 Å². The molecule has 0 bridgehead atoms. The van der Waals surface area contributed by atoms with Gasteiger partial charge in [0.15, 0.2) is 5.13 Å². The number of nitrogens with one attached hydrogen (secondary N) is 1. The van der Waals surface area contributed by atoms with Crippen LogP contribution in [0.2, 0.25) is 0 Å². The predicted octanol–water partition coefficient (Wildman–Crippen LogP) is 5.07. The first-order valence-electron chi connectivity index (χ1n) is 10.3. The number of aryl methyl sites for hydroxylation is 1. The molecular formula is C23H31N3O2S. The van der Waals surface area contributed by atoms with Crippen molar-refractivity contribution >= 4 is 34.0 Å². The number of carbonyl (C=O) groups excluding carboxylic acids is 2. The van der Waals surface area contributed by atoms with Crippen molar-refractivity contribution in [1.82, 2.24) is 4.98 Å². The van der Waals surface area contributed by atoms with E-state index in [-0.39, 0.29) is 11.8 Å². The van der Waals surface area contributed by atoms with Gasteiger partial charge in [0.25, 0.3) is 0 Å². The Balaban J connectivity index is 1.46. The summed E-state index contributed by atoms with van der Waals surface area (Å²) in [6.07, 6.45) is 4.39. The van der Waals surface area contributed by atoms with Crippen LogP contribution in [0.15, 0.2) is 30.3 Å². The monoisotopic (exact) mass is 413 g/mol. The Morgan fingerprint density at radius 3 is 2.62 bits per heavy atom. The fraction of sp³-hybridized carbons (Fsp3) is 0.522. The number of hydrogen-bond acceptors (Lipinski definition) is 4. The molecule has 3 rings (SSSR count). The van der Waals surface area contributed by atoms with Gasteiger partial charge in [-0.2, -0.15) is 0 Å². The average molecular weight is 414 g/mol. The summed E-state index contributed by atoms with van der Waals surface area (Å²) in [4.78, 5) is 32.2. The van der Waals surface area contributed by atoms with Crippen molar-refractivity contribution in [3.63, 3.8) is 0 Å². The van der Waals surface area contributed by atoms with Gasteiger partial charge < -0.3 is 10.2 Å². The maximum absolute atomic E-state index is 12.3. The summed E-state index contributed by atoms with van der Waals surface area (Å²) in [7, 11) is 1.77. The first-order chi connectivity index (χ1) is 13.7. The van der Waals surface area contributed by atoms with E-state index >= 15 is 0 Å². The molecule has 1 aliphatic rings. The molecule has 1 N–H and O–H groups in total. The largest absolute Gasteiger partial charge is 0.316 e. The van der Waals surface area contributed by atoms with Crippen LogP contribution in [-0.4, -0.2) is 23.8 Å². The molecule has 156 valence electrons. The Hall–Kier alpha value is -2.21. The van der Waals surface area contributed by atoms with Gasteiger partial charge in [-0.3, -0.25) is 9.59 Å². The smallest absolute Gasteiger partial charge is 0.226 e. The second-order valence-electron chi connectivity index (χ2n) is 8.88. The van der Waals surface area contributed by atoms with E-state index in [1.165, 1.54) is 4.88 Å². The van der Waals surface area contributed by atoms with E-state index < -0.39 is 0 Å². The van der Waals surface area contributed by atoms with Crippen LogP contribution in [0.4, 0.5) is 10.8 Å². The first-order valence-corrected chi connectivity index (χ1v) is 11.2. The summed E-state index contributed by atoms with van der Waals surface area (Å²) in [5.41, 5.74) is 2.30. The number of thiazole rings is 1. The normalized spacial score (nSPS) is 16.2. The molecule has 0 spiro atoms. The van der Waals surface area contributed by atoms with Crippen molar-refractivity contribution in [3.8, 4) is 0 Å². The second-order valence-corrected chi connectivity index (χ2v) is 9.97. The Morgan fingerprint density at radius 1 is 1.21 bits per heavy atom. The molecule has 2 aromatic rings. The number of rotatable bonds is 6. The van der Waals surface area contributed by atoms with Gasteiger partial charge in [-0.05, 0) is 49.1 Å². The average Bonchev–Trinajstić information content (AvgIpc) is 3.08. The highest BCUT2D eigenvalue weighted by Crippen LogP contribution is 2.40. The van der Waals surface area contributed by atoms with E-state index in [0.29, 0.717) is 35.7 Å². The molecule has 2 amide bonds. The molecule has 6 heteroatoms. The first kappa shape index (κ1) is 21.5. The molecule has 29 heavy (non-hydrogen) atoms. The molecule has 0 saturated heterocycles. The van der Waals surface area contributed by atoms with Gasteiger partial charge in [-0.1, -0.05) is 39.0 Å². The summed E-state index contributed by atoms with van der Waals surface area (Å²) in [6, 6.07) is 9.54. The minimum atomic E-state index is -0.0707. The zero-order chi connectivity index (χ0) is 21.0. The molecule has 5 nitrogen and oxygen atoms in total. The fourth-order valence-electron chi connectivity index (χ4n) is 3.71. The fourth-order valence-corrected chi connectivity index (χ4v) is 4.82. The van der Waals surface area contributed by atoms with Crippen LogP contribution in [0, 0.1) is 11.3 Å². The molecule has 0 saturated carbocycles. The molecule has 1 aliphatic carbocycles. The highest BCUT2D eigenvalue weighted by Gasteiger charge is 2.30. The maximum atomic E-state index is 12.3. The van der Waals surface area contributed by atoms with Crippen LogP contribution in [0.5, 0.6) is 0 Å². The van der Waals surface area contributed by atoms with Gasteiger partial charge in [0, 0.05) is 30.5 Å². The predicted molar refractivity (Wildman–Crippen MR) is 119 cm³/mol. The molecular weight excluding hydrogens is 382 g/mol. The molecule has 0 fully saturated rings. The second kappa shape index (κ2) is 9.08. The third-order valence-corrected chi connectivity index (χ3v) is 6.76. The van der Waals surface area contributed by atoms with Crippen LogP contribution in [-0.2, 0) is 22.4 Å². The van der Waals surface area contributed by atoms with E-state index in [9.17, 15) is 9.59 Å². The van der Waals surface area contributed by atoms with Crippen LogP contribution < -0.4 is 10.2 Å². The highest BCUT2D eigenvalue weighted by molar-refractivity contribution is 7.15. The van der Waals surface area contributed by atoms with Gasteiger partial charge in [0.05, 0.1) is 5.69 Å². The Labute approximate surface area is 177 Å². The standard InChI is InChI=1S/C23H31N3O2S/c1-23(2,3)16-13-14-18-19(15-16)29-22(24-18)25-20(27)11-8-12-21(28)26(4)17-9-6-5-7-10-17/h5-7,9-10,16H,8,11-15H2,1-4H3,(H,24,25,27). The lowest BCUT2D eigenvalue weighted by molar-refractivity contribution is -0.118. The van der Waals surface area contributed by atoms with Gasteiger partial charge in [-0.15, -0.1) is 11.3 Å². The Morgan fingerprint density at radius 2 is 1.93 bits per heavy atom. The van der Waals surface area contributed by atoms with Gasteiger partial charge in [0.2, 0.25) is 11.8 Å². The lowest BCUT2D eigenvalue weighted by atomic mass is 9.73. The zero-order valence-electron chi connectivity index (χ0n) is 17.8. The molecule has 1 heterocycles. The topological polar surface area (TPSA) is 62.3 Å². The molecule has 1 atom stereocenters. The maximum Gasteiger partial charge on any atom is 0.226 e. The molecule has 1 aromatic heterocycles. The summed E-state index contributed by atoms with van der Waals surface area (Å²) in [5.74, 6) is 0.604. The van der Waals surface area contributed by atoms with Gasteiger partial charge in [0.1, 0.15) is 0 Å². The number of nitrogens with zero attached hydrogens (tertiary/aromatic N) is 2. The molecule has 0 radical (unpaired) electrons. The number of benzene rings is 1. The van der Waals surface area contributed by atoms with Crippen molar-refractivity contribution in [2.45, 2.75) is 59.3 Å². The number of hydrogen-bond donors (Lipinski definition) is 1. The zero-order valence-corrected chi connectivity index (χ0v) is 18.6. The van der Waals surface area contributed by atoms with E-state index in [0.717, 1.165) is 30.6 Å². The highest BCUT2D eigenvalue weighted by atomic mass is 32.1. The summed E-state index contributed by atoms with van der Waals surface area (Å²) >= 11 is 1.61. The third kappa shape index (κ3) is 5.66. The number of amides is 2. The summed E-state index contributed by atoms with van der Waals surface area (Å²) in [6.45, 7) is 6.88. The Kier molecular flexibility index (Phi) is 6.73. The summed E-state index contributed by atoms with van der Waals surface area (Å²) in [5, 5.41) is 3.63. The lowest BCUT2D eigenvalue weighted by Gasteiger charge is -2.33. The molecule has 1 aromatic carbocycles. The van der Waals surface area contributed by atoms with Crippen molar-refractivity contribution in [3.05, 3.63) is 40.9 Å². The molecule has 0 aliphatic heterocycles. The number of aromatic nitrogens is 1. The summed E-state index contributed by atoms with van der Waals surface area (Å²) < 4.78 is 0. The molecule has 1 unspecified atom stereocenters. The van der Waals surface area contributed by atoms with Gasteiger partial charge >= 0.3 is 0 Å². The van der Waals surface area contributed by atoms with Crippen LogP contribution in [0.25, 0.3) is 0 Å². The van der Waals surface area contributed by atoms with Gasteiger partial charge in [-0.25, -0.2) is 4.98 Å². The van der Waals surface area contributed by atoms with Crippen LogP contribution in [0.1, 0.15) is 57.0 Å². The Bertz CT molecular complexity index is 855. The van der Waals surface area contributed by atoms with Crippen molar-refractivity contribution in [2.24, 2.45) is 11.3 Å². The van der Waals surface area contributed by atoms with Crippen molar-refractivity contribution < 1.29 is 9.59 Å². The minimum Gasteiger partial charge on any atom is -0.316 e. The minimum absolute atomic E-state index is 0.0157. The van der Waals surface area contributed by atoms with E-state index in [1.807, 2.05) is 30.3 Å². The third-order valence-electron chi connectivity index (χ3n) is 5.72. The number of fused-ring (bicyclic) bond motifs is 1. The number of para-hydroxylation sites is 1. The van der Waals surface area contributed by atoms with E-state index in [2.05, 4.69) is 31.1 Å². The van der Waals surface area contributed by atoms with E-state index in [4.69, 9.17) is 0 Å².